The van der Waals surface area contributed by atoms with Gasteiger partial charge < -0.3 is 4.67 Å². The van der Waals surface area contributed by atoms with Gasteiger partial charge in [-0.05, 0) is 12.1 Å². The van der Waals surface area contributed by atoms with Crippen LogP contribution in [-0.2, 0) is 11.8 Å². The minimum atomic E-state index is -2.07. The van der Waals surface area contributed by atoms with E-state index >= 15 is 0 Å². The third kappa shape index (κ3) is 2.72. The summed E-state index contributed by atoms with van der Waals surface area (Å²) in [5.41, 5.74) is 1.15. The summed E-state index contributed by atoms with van der Waals surface area (Å²) in [6, 6.07) is 31.3. The summed E-state index contributed by atoms with van der Waals surface area (Å²) in [5.74, 6) is 0. The first-order chi connectivity index (χ1) is 10.7. The van der Waals surface area contributed by atoms with Crippen LogP contribution in [-0.4, -0.2) is 7.05 Å². The fourth-order valence-corrected chi connectivity index (χ4v) is 6.18. The molecule has 0 aliphatic rings. The summed E-state index contributed by atoms with van der Waals surface area (Å²) in [4.78, 5) is 0. The molecule has 0 aliphatic heterocycles. The molecule has 0 amide bonds. The van der Waals surface area contributed by atoms with Gasteiger partial charge in [-0.25, -0.2) is 0 Å². The molecular weight excluding hydrogens is 305 g/mol. The smallest absolute Gasteiger partial charge is 0.0926 e. The molecule has 3 rings (SSSR count). The molecule has 0 aromatic heterocycles. The lowest BCUT2D eigenvalue weighted by atomic mass is 10.3. The van der Waals surface area contributed by atoms with E-state index < -0.39 is 6.19 Å². The highest BCUT2D eigenvalue weighted by molar-refractivity contribution is 8.22. The van der Waals surface area contributed by atoms with Crippen molar-refractivity contribution in [3.05, 3.63) is 91.0 Å². The first-order valence-corrected chi connectivity index (χ1v) is 9.99. The average Bonchev–Trinajstić information content (AvgIpc) is 2.62. The van der Waals surface area contributed by atoms with Crippen LogP contribution in [0.1, 0.15) is 0 Å². The molecule has 3 heteroatoms. The zero-order chi connectivity index (χ0) is 15.4. The SMILES string of the molecule is CN(c1ccccc1)P(=S)(c1ccccc1)c1ccccc1. The van der Waals surface area contributed by atoms with Crippen LogP contribution in [0.3, 0.4) is 0 Å². The van der Waals surface area contributed by atoms with Crippen LogP contribution in [0.2, 0.25) is 0 Å². The van der Waals surface area contributed by atoms with E-state index in [-0.39, 0.29) is 0 Å². The Bertz CT molecular complexity index is 729. The molecule has 0 aliphatic carbocycles. The summed E-state index contributed by atoms with van der Waals surface area (Å²) >= 11 is 6.28. The lowest BCUT2D eigenvalue weighted by Crippen LogP contribution is -2.29. The fraction of sp³-hybridized carbons (Fsp3) is 0.0526. The van der Waals surface area contributed by atoms with Gasteiger partial charge in [0.05, 0.1) is 6.19 Å². The third-order valence-corrected chi connectivity index (χ3v) is 8.84. The highest BCUT2D eigenvalue weighted by Gasteiger charge is 2.27. The molecule has 3 aromatic carbocycles. The van der Waals surface area contributed by atoms with E-state index in [0.717, 1.165) is 5.69 Å². The second kappa shape index (κ2) is 6.48. The molecule has 110 valence electrons. The predicted molar refractivity (Wildman–Crippen MR) is 101 cm³/mol. The molecule has 0 heterocycles. The number of hydrogen-bond donors (Lipinski definition) is 0. The number of hydrogen-bond acceptors (Lipinski definition) is 1. The van der Waals surface area contributed by atoms with Gasteiger partial charge in [-0.2, -0.15) is 0 Å². The average molecular weight is 323 g/mol. The Morgan fingerprint density at radius 3 is 1.41 bits per heavy atom. The Kier molecular flexibility index (Phi) is 4.42. The van der Waals surface area contributed by atoms with Crippen molar-refractivity contribution in [1.29, 1.82) is 0 Å². The summed E-state index contributed by atoms with van der Waals surface area (Å²) in [7, 11) is 2.11. The molecule has 1 nitrogen and oxygen atoms in total. The van der Waals surface area contributed by atoms with Crippen molar-refractivity contribution >= 4 is 34.3 Å². The first-order valence-electron chi connectivity index (χ1n) is 7.23. The summed E-state index contributed by atoms with van der Waals surface area (Å²) in [5, 5.41) is 2.42. The molecule has 0 spiro atoms. The summed E-state index contributed by atoms with van der Waals surface area (Å²) in [6.45, 7) is 0. The Morgan fingerprint density at radius 1 is 0.636 bits per heavy atom. The van der Waals surface area contributed by atoms with E-state index in [4.69, 9.17) is 11.8 Å². The van der Waals surface area contributed by atoms with Gasteiger partial charge in [0.15, 0.2) is 0 Å². The van der Waals surface area contributed by atoms with Crippen molar-refractivity contribution in [2.45, 2.75) is 0 Å². The van der Waals surface area contributed by atoms with E-state index in [9.17, 15) is 0 Å². The molecule has 0 unspecified atom stereocenters. The maximum atomic E-state index is 6.28. The maximum Gasteiger partial charge on any atom is 0.0926 e. The fourth-order valence-electron chi connectivity index (χ4n) is 2.56. The Morgan fingerprint density at radius 2 is 1.00 bits per heavy atom. The monoisotopic (exact) mass is 323 g/mol. The van der Waals surface area contributed by atoms with Gasteiger partial charge >= 0.3 is 0 Å². The van der Waals surface area contributed by atoms with Gasteiger partial charge in [0, 0.05) is 23.3 Å². The van der Waals surface area contributed by atoms with Gasteiger partial charge in [0.2, 0.25) is 0 Å². The second-order valence-corrected chi connectivity index (χ2v) is 9.48. The van der Waals surface area contributed by atoms with Crippen LogP contribution < -0.4 is 15.3 Å². The van der Waals surface area contributed by atoms with E-state index in [2.05, 4.69) is 84.5 Å². The van der Waals surface area contributed by atoms with Crippen LogP contribution in [0.25, 0.3) is 0 Å². The summed E-state index contributed by atoms with van der Waals surface area (Å²) < 4.78 is 2.27. The largest absolute Gasteiger partial charge is 0.340 e. The number of para-hydroxylation sites is 1. The topological polar surface area (TPSA) is 3.24 Å². The van der Waals surface area contributed by atoms with Crippen molar-refractivity contribution in [1.82, 2.24) is 0 Å². The molecule has 0 N–H and O–H groups in total. The van der Waals surface area contributed by atoms with Gasteiger partial charge in [-0.15, -0.1) is 0 Å². The Hall–Kier alpha value is -1.89. The molecule has 0 radical (unpaired) electrons. The van der Waals surface area contributed by atoms with Gasteiger partial charge in [-0.1, -0.05) is 90.7 Å². The van der Waals surface area contributed by atoms with Crippen LogP contribution >= 0.6 is 6.19 Å². The molecule has 0 saturated carbocycles. The molecule has 22 heavy (non-hydrogen) atoms. The molecule has 0 atom stereocenters. The van der Waals surface area contributed by atoms with Gasteiger partial charge in [0.25, 0.3) is 0 Å². The van der Waals surface area contributed by atoms with Crippen molar-refractivity contribution in [3.8, 4) is 0 Å². The zero-order valence-electron chi connectivity index (χ0n) is 12.5. The van der Waals surface area contributed by atoms with E-state index in [1.807, 2.05) is 18.2 Å². The number of nitrogens with zero attached hydrogens (tertiary/aromatic N) is 1. The highest BCUT2D eigenvalue weighted by Crippen LogP contribution is 2.49. The Balaban J connectivity index is 2.18. The molecule has 0 bridgehead atoms. The molecule has 0 fully saturated rings. The van der Waals surface area contributed by atoms with E-state index in [0.29, 0.717) is 0 Å². The first kappa shape index (κ1) is 15.0. The van der Waals surface area contributed by atoms with Crippen molar-refractivity contribution in [2.24, 2.45) is 0 Å². The van der Waals surface area contributed by atoms with Crippen LogP contribution in [0.4, 0.5) is 5.69 Å². The minimum absolute atomic E-state index is 1.15. The van der Waals surface area contributed by atoms with Crippen molar-refractivity contribution in [2.75, 3.05) is 11.7 Å². The minimum Gasteiger partial charge on any atom is -0.340 e. The van der Waals surface area contributed by atoms with Crippen molar-refractivity contribution < 1.29 is 0 Å². The number of anilines is 1. The molecule has 3 aromatic rings. The third-order valence-electron chi connectivity index (χ3n) is 3.76. The van der Waals surface area contributed by atoms with Gasteiger partial charge in [0.1, 0.15) is 0 Å². The maximum absolute atomic E-state index is 6.28. The quantitative estimate of drug-likeness (QED) is 0.663. The van der Waals surface area contributed by atoms with Crippen LogP contribution in [0.15, 0.2) is 91.0 Å². The zero-order valence-corrected chi connectivity index (χ0v) is 14.2. The summed E-state index contributed by atoms with van der Waals surface area (Å²) in [6.07, 6.45) is -2.07. The van der Waals surface area contributed by atoms with E-state index in [1.54, 1.807) is 0 Å². The van der Waals surface area contributed by atoms with Crippen LogP contribution in [0, 0.1) is 0 Å². The lowest BCUT2D eigenvalue weighted by Gasteiger charge is -2.34. The Labute approximate surface area is 137 Å². The van der Waals surface area contributed by atoms with Crippen molar-refractivity contribution in [3.63, 3.8) is 0 Å². The van der Waals surface area contributed by atoms with Gasteiger partial charge in [-0.3, -0.25) is 0 Å². The molecular formula is C19H18NPS. The number of benzene rings is 3. The second-order valence-electron chi connectivity index (χ2n) is 5.11. The predicted octanol–water partition coefficient (Wildman–Crippen LogP) is 4.17. The normalized spacial score (nSPS) is 11.1. The number of rotatable bonds is 4. The highest BCUT2D eigenvalue weighted by atomic mass is 32.4. The molecule has 0 saturated heterocycles. The standard InChI is InChI=1S/C19H18NPS/c1-20(17-11-5-2-6-12-17)21(22,18-13-7-3-8-14-18)19-15-9-4-10-16-19/h2-16H,1H3. The van der Waals surface area contributed by atoms with E-state index in [1.165, 1.54) is 10.6 Å². The lowest BCUT2D eigenvalue weighted by molar-refractivity contribution is 1.34. The van der Waals surface area contributed by atoms with Crippen LogP contribution in [0.5, 0.6) is 0 Å².